The van der Waals surface area contributed by atoms with E-state index in [0.29, 0.717) is 0 Å². The molecule has 0 saturated carbocycles. The Morgan fingerprint density at radius 1 is 1.05 bits per heavy atom. The van der Waals surface area contributed by atoms with Crippen LogP contribution in [-0.4, -0.2) is 21.5 Å². The molecular formula is C15H16N4. The summed E-state index contributed by atoms with van der Waals surface area (Å²) in [6.45, 7) is 1.77. The predicted octanol–water partition coefficient (Wildman–Crippen LogP) is 2.29. The van der Waals surface area contributed by atoms with Gasteiger partial charge in [0.15, 0.2) is 0 Å². The van der Waals surface area contributed by atoms with E-state index in [0.717, 1.165) is 30.9 Å². The van der Waals surface area contributed by atoms with E-state index in [1.807, 2.05) is 30.6 Å². The standard InChI is InChI=1S/C15H16N4/c1-2-7-17-13(4-1)6-9-16-10-12-11-19-15-14(12)5-3-8-18-15/h1-5,7-8,11,16H,6,9-10H2,(H,18,19). The van der Waals surface area contributed by atoms with Crippen molar-refractivity contribution in [3.8, 4) is 0 Å². The fourth-order valence-corrected chi connectivity index (χ4v) is 2.14. The van der Waals surface area contributed by atoms with Gasteiger partial charge in [-0.15, -0.1) is 0 Å². The van der Waals surface area contributed by atoms with E-state index in [-0.39, 0.29) is 0 Å². The lowest BCUT2D eigenvalue weighted by Gasteiger charge is -2.03. The van der Waals surface area contributed by atoms with Crippen LogP contribution in [0.5, 0.6) is 0 Å². The first-order chi connectivity index (χ1) is 9.43. The van der Waals surface area contributed by atoms with Crippen molar-refractivity contribution in [2.45, 2.75) is 13.0 Å². The van der Waals surface area contributed by atoms with Crippen LogP contribution in [0, 0.1) is 0 Å². The molecule has 3 aromatic heterocycles. The van der Waals surface area contributed by atoms with Crippen LogP contribution < -0.4 is 5.32 Å². The van der Waals surface area contributed by atoms with Gasteiger partial charge >= 0.3 is 0 Å². The lowest BCUT2D eigenvalue weighted by atomic mass is 10.2. The average molecular weight is 252 g/mol. The predicted molar refractivity (Wildman–Crippen MR) is 75.7 cm³/mol. The van der Waals surface area contributed by atoms with E-state index < -0.39 is 0 Å². The van der Waals surface area contributed by atoms with Crippen LogP contribution in [0.2, 0.25) is 0 Å². The second-order valence-electron chi connectivity index (χ2n) is 4.46. The van der Waals surface area contributed by atoms with Crippen molar-refractivity contribution < 1.29 is 0 Å². The highest BCUT2D eigenvalue weighted by Crippen LogP contribution is 2.14. The number of hydrogen-bond donors (Lipinski definition) is 2. The van der Waals surface area contributed by atoms with Gasteiger partial charge in [0.2, 0.25) is 0 Å². The van der Waals surface area contributed by atoms with Gasteiger partial charge in [0, 0.05) is 49.2 Å². The number of nitrogens with one attached hydrogen (secondary N) is 2. The molecule has 0 bridgehead atoms. The number of pyridine rings is 2. The van der Waals surface area contributed by atoms with Gasteiger partial charge in [0.25, 0.3) is 0 Å². The second-order valence-corrected chi connectivity index (χ2v) is 4.46. The molecule has 96 valence electrons. The molecule has 0 aromatic carbocycles. The summed E-state index contributed by atoms with van der Waals surface area (Å²) in [5, 5.41) is 4.63. The first-order valence-corrected chi connectivity index (χ1v) is 6.45. The summed E-state index contributed by atoms with van der Waals surface area (Å²) >= 11 is 0. The molecule has 0 aliphatic carbocycles. The molecule has 4 nitrogen and oxygen atoms in total. The van der Waals surface area contributed by atoms with Crippen molar-refractivity contribution in [3.05, 3.63) is 60.2 Å². The highest BCUT2D eigenvalue weighted by atomic mass is 14.9. The third kappa shape index (κ3) is 2.80. The van der Waals surface area contributed by atoms with Crippen LogP contribution in [0.3, 0.4) is 0 Å². The third-order valence-electron chi connectivity index (χ3n) is 3.14. The maximum atomic E-state index is 4.31. The number of nitrogens with zero attached hydrogens (tertiary/aromatic N) is 2. The van der Waals surface area contributed by atoms with Gasteiger partial charge in [-0.3, -0.25) is 4.98 Å². The topological polar surface area (TPSA) is 53.6 Å². The van der Waals surface area contributed by atoms with E-state index in [1.54, 1.807) is 6.20 Å². The monoisotopic (exact) mass is 252 g/mol. The van der Waals surface area contributed by atoms with Gasteiger partial charge in [-0.1, -0.05) is 6.07 Å². The Labute approximate surface area is 111 Å². The van der Waals surface area contributed by atoms with E-state index >= 15 is 0 Å². The number of H-pyrrole nitrogens is 1. The maximum absolute atomic E-state index is 4.31. The Bertz CT molecular complexity index is 645. The van der Waals surface area contributed by atoms with Gasteiger partial charge in [-0.05, 0) is 29.8 Å². The number of aromatic amines is 1. The SMILES string of the molecule is c1ccc(CCNCc2c[nH]c3ncccc23)nc1. The minimum absolute atomic E-state index is 0.846. The first-order valence-electron chi connectivity index (χ1n) is 6.45. The molecule has 3 heterocycles. The summed E-state index contributed by atoms with van der Waals surface area (Å²) < 4.78 is 0. The van der Waals surface area contributed by atoms with Gasteiger partial charge < -0.3 is 10.3 Å². The van der Waals surface area contributed by atoms with Gasteiger partial charge in [-0.2, -0.15) is 0 Å². The van der Waals surface area contributed by atoms with Crippen molar-refractivity contribution >= 4 is 11.0 Å². The molecule has 0 saturated heterocycles. The average Bonchev–Trinajstić information content (AvgIpc) is 2.88. The van der Waals surface area contributed by atoms with Gasteiger partial charge in [0.05, 0.1) is 0 Å². The Balaban J connectivity index is 1.55. The maximum Gasteiger partial charge on any atom is 0.137 e. The molecule has 0 aliphatic heterocycles. The highest BCUT2D eigenvalue weighted by Gasteiger charge is 2.02. The lowest BCUT2D eigenvalue weighted by molar-refractivity contribution is 0.682. The van der Waals surface area contributed by atoms with Crippen LogP contribution >= 0.6 is 0 Å². The minimum atomic E-state index is 0.846. The quantitative estimate of drug-likeness (QED) is 0.685. The summed E-state index contributed by atoms with van der Waals surface area (Å²) in [5.41, 5.74) is 3.32. The molecule has 4 heteroatoms. The van der Waals surface area contributed by atoms with Gasteiger partial charge in [0.1, 0.15) is 5.65 Å². The number of hydrogen-bond acceptors (Lipinski definition) is 3. The lowest BCUT2D eigenvalue weighted by Crippen LogP contribution is -2.16. The zero-order valence-electron chi connectivity index (χ0n) is 10.6. The summed E-state index contributed by atoms with van der Waals surface area (Å²) in [4.78, 5) is 11.8. The first kappa shape index (κ1) is 11.9. The summed E-state index contributed by atoms with van der Waals surface area (Å²) in [5.74, 6) is 0. The Kier molecular flexibility index (Phi) is 3.51. The molecule has 0 radical (unpaired) electrons. The van der Waals surface area contributed by atoms with Crippen LogP contribution in [0.25, 0.3) is 11.0 Å². The van der Waals surface area contributed by atoms with Crippen LogP contribution in [0.15, 0.2) is 48.9 Å². The molecule has 0 fully saturated rings. The fraction of sp³-hybridized carbons (Fsp3) is 0.200. The van der Waals surface area contributed by atoms with Crippen molar-refractivity contribution in [1.29, 1.82) is 0 Å². The van der Waals surface area contributed by atoms with E-state index in [2.05, 4.69) is 32.4 Å². The Morgan fingerprint density at radius 3 is 2.89 bits per heavy atom. The summed E-state index contributed by atoms with van der Waals surface area (Å²) in [6, 6.07) is 10.1. The molecule has 0 atom stereocenters. The largest absolute Gasteiger partial charge is 0.346 e. The minimum Gasteiger partial charge on any atom is -0.346 e. The normalized spacial score (nSPS) is 10.9. The molecule has 0 spiro atoms. The van der Waals surface area contributed by atoms with Crippen LogP contribution in [0.1, 0.15) is 11.3 Å². The van der Waals surface area contributed by atoms with Crippen molar-refractivity contribution in [2.75, 3.05) is 6.54 Å². The zero-order valence-corrected chi connectivity index (χ0v) is 10.6. The number of aromatic nitrogens is 3. The van der Waals surface area contributed by atoms with E-state index in [9.17, 15) is 0 Å². The molecule has 0 amide bonds. The summed E-state index contributed by atoms with van der Waals surface area (Å²) in [6.07, 6.45) is 6.60. The van der Waals surface area contributed by atoms with Crippen molar-refractivity contribution in [2.24, 2.45) is 0 Å². The molecule has 3 rings (SSSR count). The van der Waals surface area contributed by atoms with E-state index in [1.165, 1.54) is 10.9 Å². The number of rotatable bonds is 5. The smallest absolute Gasteiger partial charge is 0.137 e. The number of fused-ring (bicyclic) bond motifs is 1. The zero-order chi connectivity index (χ0) is 12.9. The highest BCUT2D eigenvalue weighted by molar-refractivity contribution is 5.79. The van der Waals surface area contributed by atoms with E-state index in [4.69, 9.17) is 0 Å². The molecule has 0 unspecified atom stereocenters. The van der Waals surface area contributed by atoms with Crippen molar-refractivity contribution in [3.63, 3.8) is 0 Å². The molecule has 0 aliphatic rings. The molecule has 19 heavy (non-hydrogen) atoms. The second kappa shape index (κ2) is 5.63. The Morgan fingerprint density at radius 2 is 2.00 bits per heavy atom. The summed E-state index contributed by atoms with van der Waals surface area (Å²) in [7, 11) is 0. The fourth-order valence-electron chi connectivity index (χ4n) is 2.14. The van der Waals surface area contributed by atoms with Crippen LogP contribution in [0.4, 0.5) is 0 Å². The molecule has 3 aromatic rings. The third-order valence-corrected chi connectivity index (χ3v) is 3.14. The molecule has 2 N–H and O–H groups in total. The van der Waals surface area contributed by atoms with Crippen LogP contribution in [-0.2, 0) is 13.0 Å². The Hall–Kier alpha value is -2.20. The molecular weight excluding hydrogens is 236 g/mol. The van der Waals surface area contributed by atoms with Gasteiger partial charge in [-0.25, -0.2) is 4.98 Å². The van der Waals surface area contributed by atoms with Crippen molar-refractivity contribution in [1.82, 2.24) is 20.3 Å².